The standard InChI is InChI=1S/C15H19F4N/c1-2-20-14(10-6-8-15(18,19)9-7-10)11-4-3-5-12(16)13(11)17/h3-5,10,14,20H,2,6-9H2,1H3. The molecular weight excluding hydrogens is 270 g/mol. The first kappa shape index (κ1) is 15.3. The molecule has 5 heteroatoms. The fraction of sp³-hybridized carbons (Fsp3) is 0.600. The topological polar surface area (TPSA) is 12.0 Å². The van der Waals surface area contributed by atoms with Gasteiger partial charge in [-0.2, -0.15) is 0 Å². The van der Waals surface area contributed by atoms with Gasteiger partial charge in [-0.05, 0) is 31.4 Å². The lowest BCUT2D eigenvalue weighted by atomic mass is 9.79. The Kier molecular flexibility index (Phi) is 4.68. The van der Waals surface area contributed by atoms with E-state index in [2.05, 4.69) is 5.32 Å². The van der Waals surface area contributed by atoms with E-state index in [-0.39, 0.29) is 24.3 Å². The SMILES string of the molecule is CCNC(c1cccc(F)c1F)C1CCC(F)(F)CC1. The van der Waals surface area contributed by atoms with E-state index in [1.54, 1.807) is 0 Å². The van der Waals surface area contributed by atoms with Gasteiger partial charge >= 0.3 is 0 Å². The van der Waals surface area contributed by atoms with Gasteiger partial charge in [-0.15, -0.1) is 0 Å². The van der Waals surface area contributed by atoms with E-state index >= 15 is 0 Å². The third-order valence-electron chi connectivity index (χ3n) is 3.97. The third kappa shape index (κ3) is 3.32. The van der Waals surface area contributed by atoms with Crippen LogP contribution in [0.25, 0.3) is 0 Å². The van der Waals surface area contributed by atoms with Crippen LogP contribution in [0.5, 0.6) is 0 Å². The summed E-state index contributed by atoms with van der Waals surface area (Å²) in [6, 6.07) is 3.64. The van der Waals surface area contributed by atoms with E-state index in [1.807, 2.05) is 6.92 Å². The van der Waals surface area contributed by atoms with Gasteiger partial charge in [-0.1, -0.05) is 19.1 Å². The summed E-state index contributed by atoms with van der Waals surface area (Å²) < 4.78 is 53.7. The van der Waals surface area contributed by atoms with Crippen molar-refractivity contribution in [1.29, 1.82) is 0 Å². The van der Waals surface area contributed by atoms with Crippen molar-refractivity contribution < 1.29 is 17.6 Å². The van der Waals surface area contributed by atoms with E-state index < -0.39 is 23.6 Å². The number of benzene rings is 1. The van der Waals surface area contributed by atoms with Crippen molar-refractivity contribution in [2.24, 2.45) is 5.92 Å². The van der Waals surface area contributed by atoms with Gasteiger partial charge in [0.15, 0.2) is 11.6 Å². The van der Waals surface area contributed by atoms with Crippen molar-refractivity contribution in [3.63, 3.8) is 0 Å². The number of nitrogens with one attached hydrogen (secondary N) is 1. The Morgan fingerprint density at radius 3 is 2.50 bits per heavy atom. The van der Waals surface area contributed by atoms with Gasteiger partial charge in [-0.3, -0.25) is 0 Å². The Balaban J connectivity index is 2.21. The molecule has 2 rings (SSSR count). The molecule has 1 aromatic carbocycles. The zero-order valence-corrected chi connectivity index (χ0v) is 11.4. The highest BCUT2D eigenvalue weighted by Gasteiger charge is 2.38. The molecular formula is C15H19F4N. The van der Waals surface area contributed by atoms with Gasteiger partial charge in [-0.25, -0.2) is 17.6 Å². The van der Waals surface area contributed by atoms with Gasteiger partial charge in [0.05, 0.1) is 0 Å². The van der Waals surface area contributed by atoms with Gasteiger partial charge < -0.3 is 5.32 Å². The van der Waals surface area contributed by atoms with E-state index in [1.165, 1.54) is 12.1 Å². The average Bonchev–Trinajstić information content (AvgIpc) is 2.40. The third-order valence-corrected chi connectivity index (χ3v) is 3.97. The van der Waals surface area contributed by atoms with Crippen LogP contribution >= 0.6 is 0 Å². The zero-order valence-electron chi connectivity index (χ0n) is 11.4. The number of rotatable bonds is 4. The summed E-state index contributed by atoms with van der Waals surface area (Å²) in [5, 5.41) is 3.11. The molecule has 1 N–H and O–H groups in total. The number of alkyl halides is 2. The molecule has 0 aromatic heterocycles. The Hall–Kier alpha value is -1.10. The number of hydrogen-bond donors (Lipinski definition) is 1. The molecule has 1 fully saturated rings. The molecule has 1 saturated carbocycles. The van der Waals surface area contributed by atoms with Crippen LogP contribution in [0.2, 0.25) is 0 Å². The highest BCUT2D eigenvalue weighted by Crippen LogP contribution is 2.41. The maximum absolute atomic E-state index is 13.9. The number of hydrogen-bond acceptors (Lipinski definition) is 1. The number of halogens is 4. The Morgan fingerprint density at radius 2 is 1.90 bits per heavy atom. The van der Waals surface area contributed by atoms with Crippen molar-refractivity contribution >= 4 is 0 Å². The summed E-state index contributed by atoms with van der Waals surface area (Å²) in [5.41, 5.74) is 0.238. The van der Waals surface area contributed by atoms with Crippen LogP contribution in [0, 0.1) is 17.6 Å². The van der Waals surface area contributed by atoms with Crippen molar-refractivity contribution in [3.8, 4) is 0 Å². The van der Waals surface area contributed by atoms with E-state index in [0.29, 0.717) is 19.4 Å². The fourth-order valence-electron chi connectivity index (χ4n) is 2.91. The minimum Gasteiger partial charge on any atom is -0.310 e. The molecule has 112 valence electrons. The van der Waals surface area contributed by atoms with E-state index in [0.717, 1.165) is 6.07 Å². The molecule has 0 aliphatic heterocycles. The van der Waals surface area contributed by atoms with Crippen LogP contribution < -0.4 is 5.32 Å². The predicted molar refractivity (Wildman–Crippen MR) is 69.7 cm³/mol. The monoisotopic (exact) mass is 289 g/mol. The summed E-state index contributed by atoms with van der Waals surface area (Å²) in [4.78, 5) is 0. The zero-order chi connectivity index (χ0) is 14.8. The van der Waals surface area contributed by atoms with Crippen LogP contribution in [0.4, 0.5) is 17.6 Å². The second-order valence-electron chi connectivity index (χ2n) is 5.37. The van der Waals surface area contributed by atoms with Crippen LogP contribution in [0.15, 0.2) is 18.2 Å². The first-order valence-corrected chi connectivity index (χ1v) is 6.99. The van der Waals surface area contributed by atoms with Gasteiger partial charge in [0.2, 0.25) is 5.92 Å². The summed E-state index contributed by atoms with van der Waals surface area (Å²) >= 11 is 0. The van der Waals surface area contributed by atoms with Crippen LogP contribution in [0.1, 0.15) is 44.2 Å². The predicted octanol–water partition coefficient (Wildman–Crippen LogP) is 4.44. The minimum atomic E-state index is -2.62. The van der Waals surface area contributed by atoms with Gasteiger partial charge in [0.25, 0.3) is 0 Å². The highest BCUT2D eigenvalue weighted by molar-refractivity contribution is 5.23. The molecule has 0 radical (unpaired) electrons. The maximum Gasteiger partial charge on any atom is 0.248 e. The lowest BCUT2D eigenvalue weighted by molar-refractivity contribution is -0.0498. The van der Waals surface area contributed by atoms with Crippen LogP contribution in [0.3, 0.4) is 0 Å². The Bertz CT molecular complexity index is 451. The molecule has 0 spiro atoms. The second kappa shape index (κ2) is 6.12. The summed E-state index contributed by atoms with van der Waals surface area (Å²) in [5.74, 6) is -4.48. The van der Waals surface area contributed by atoms with Crippen molar-refractivity contribution in [1.82, 2.24) is 5.32 Å². The second-order valence-corrected chi connectivity index (χ2v) is 5.37. The van der Waals surface area contributed by atoms with Gasteiger partial charge in [0.1, 0.15) is 0 Å². The lowest BCUT2D eigenvalue weighted by Gasteiger charge is -2.34. The molecule has 0 saturated heterocycles. The average molecular weight is 289 g/mol. The molecule has 0 heterocycles. The van der Waals surface area contributed by atoms with Crippen molar-refractivity contribution in [2.45, 2.75) is 44.6 Å². The Morgan fingerprint density at radius 1 is 1.25 bits per heavy atom. The summed E-state index contributed by atoms with van der Waals surface area (Å²) in [7, 11) is 0. The smallest absolute Gasteiger partial charge is 0.248 e. The molecule has 0 bridgehead atoms. The highest BCUT2D eigenvalue weighted by atomic mass is 19.3. The first-order valence-electron chi connectivity index (χ1n) is 6.99. The Labute approximate surface area is 116 Å². The largest absolute Gasteiger partial charge is 0.310 e. The molecule has 20 heavy (non-hydrogen) atoms. The molecule has 1 atom stereocenters. The quantitative estimate of drug-likeness (QED) is 0.808. The van der Waals surface area contributed by atoms with Crippen molar-refractivity contribution in [2.75, 3.05) is 6.54 Å². The first-order chi connectivity index (χ1) is 9.44. The normalized spacial score (nSPS) is 20.9. The van der Waals surface area contributed by atoms with Crippen LogP contribution in [-0.2, 0) is 0 Å². The molecule has 1 aliphatic carbocycles. The van der Waals surface area contributed by atoms with E-state index in [4.69, 9.17) is 0 Å². The molecule has 1 nitrogen and oxygen atoms in total. The summed E-state index contributed by atoms with van der Waals surface area (Å²) in [6.07, 6.45) is 0.272. The minimum absolute atomic E-state index is 0.0918. The molecule has 1 unspecified atom stereocenters. The van der Waals surface area contributed by atoms with Crippen molar-refractivity contribution in [3.05, 3.63) is 35.4 Å². The molecule has 1 aromatic rings. The summed E-state index contributed by atoms with van der Waals surface area (Å²) in [6.45, 7) is 2.44. The molecule has 0 amide bonds. The molecule has 1 aliphatic rings. The van der Waals surface area contributed by atoms with Crippen LogP contribution in [-0.4, -0.2) is 12.5 Å². The van der Waals surface area contributed by atoms with Gasteiger partial charge in [0, 0.05) is 24.4 Å². The fourth-order valence-corrected chi connectivity index (χ4v) is 2.91. The van der Waals surface area contributed by atoms with E-state index in [9.17, 15) is 17.6 Å². The lowest BCUT2D eigenvalue weighted by Crippen LogP contribution is -2.34. The maximum atomic E-state index is 13.9.